The third-order valence-electron chi connectivity index (χ3n) is 4.79. The Kier molecular flexibility index (Phi) is 4.18. The second kappa shape index (κ2) is 6.16. The third kappa shape index (κ3) is 2.82. The van der Waals surface area contributed by atoms with E-state index in [2.05, 4.69) is 35.4 Å². The summed E-state index contributed by atoms with van der Waals surface area (Å²) in [5, 5.41) is 4.22. The highest BCUT2D eigenvalue weighted by Gasteiger charge is 2.33. The van der Waals surface area contributed by atoms with Crippen LogP contribution in [0.5, 0.6) is 0 Å². The van der Waals surface area contributed by atoms with Gasteiger partial charge < -0.3 is 10.3 Å². The summed E-state index contributed by atoms with van der Waals surface area (Å²) >= 11 is 0. The van der Waals surface area contributed by atoms with Crippen LogP contribution in [0.3, 0.4) is 0 Å². The maximum Gasteiger partial charge on any atom is 0.230 e. The molecule has 0 saturated carbocycles. The van der Waals surface area contributed by atoms with Crippen LogP contribution >= 0.6 is 0 Å². The van der Waals surface area contributed by atoms with E-state index in [4.69, 9.17) is 0 Å². The highest BCUT2D eigenvalue weighted by molar-refractivity contribution is 5.95. The lowest BCUT2D eigenvalue weighted by molar-refractivity contribution is -0.125. The number of amides is 1. The zero-order valence-electron chi connectivity index (χ0n) is 14.7. The minimum absolute atomic E-state index is 0.0404. The van der Waals surface area contributed by atoms with Gasteiger partial charge in [-0.15, -0.1) is 0 Å². The van der Waals surface area contributed by atoms with Crippen molar-refractivity contribution in [1.82, 2.24) is 10.3 Å². The number of aromatic nitrogens is 1. The number of nitrogens with one attached hydrogen (secondary N) is 2. The van der Waals surface area contributed by atoms with E-state index < -0.39 is 5.41 Å². The summed E-state index contributed by atoms with van der Waals surface area (Å²) in [7, 11) is 0. The summed E-state index contributed by atoms with van der Waals surface area (Å²) in [4.78, 5) is 16.3. The first-order chi connectivity index (χ1) is 11.4. The Morgan fingerprint density at radius 1 is 1.04 bits per heavy atom. The molecule has 0 spiro atoms. The largest absolute Gasteiger partial charge is 0.358 e. The first kappa shape index (κ1) is 16.3. The second-order valence-corrected chi connectivity index (χ2v) is 6.90. The van der Waals surface area contributed by atoms with Crippen LogP contribution in [0.15, 0.2) is 48.5 Å². The average Bonchev–Trinajstić information content (AvgIpc) is 2.90. The van der Waals surface area contributed by atoms with E-state index in [0.717, 1.165) is 27.7 Å². The highest BCUT2D eigenvalue weighted by Crippen LogP contribution is 2.33. The van der Waals surface area contributed by atoms with Crippen molar-refractivity contribution < 1.29 is 4.79 Å². The smallest absolute Gasteiger partial charge is 0.230 e. The molecule has 2 N–H and O–H groups in total. The van der Waals surface area contributed by atoms with E-state index >= 15 is 0 Å². The second-order valence-electron chi connectivity index (χ2n) is 6.90. The lowest BCUT2D eigenvalue weighted by Gasteiger charge is -2.25. The van der Waals surface area contributed by atoms with Crippen LogP contribution in [0.25, 0.3) is 10.9 Å². The number of carbonyl (C=O) groups excluding carboxylic acids is 1. The Morgan fingerprint density at radius 2 is 1.71 bits per heavy atom. The van der Waals surface area contributed by atoms with E-state index in [1.165, 1.54) is 5.56 Å². The summed E-state index contributed by atoms with van der Waals surface area (Å²) in [6, 6.07) is 16.3. The number of carbonyl (C=O) groups is 1. The van der Waals surface area contributed by atoms with Gasteiger partial charge in [-0.2, -0.15) is 0 Å². The molecule has 0 bridgehead atoms. The Labute approximate surface area is 143 Å². The molecule has 0 radical (unpaired) electrons. The molecular formula is C21H24N2O. The predicted molar refractivity (Wildman–Crippen MR) is 99.1 cm³/mol. The molecule has 1 amide bonds. The molecule has 24 heavy (non-hydrogen) atoms. The van der Waals surface area contributed by atoms with Gasteiger partial charge in [0, 0.05) is 23.1 Å². The van der Waals surface area contributed by atoms with Crippen molar-refractivity contribution >= 4 is 16.8 Å². The maximum atomic E-state index is 12.9. The molecule has 3 aromatic rings. The molecule has 124 valence electrons. The number of H-pyrrole nitrogens is 1. The number of rotatable bonds is 4. The molecule has 1 aromatic heterocycles. The van der Waals surface area contributed by atoms with Gasteiger partial charge in [0.25, 0.3) is 0 Å². The van der Waals surface area contributed by atoms with Crippen molar-refractivity contribution in [1.29, 1.82) is 0 Å². The summed E-state index contributed by atoms with van der Waals surface area (Å²) < 4.78 is 0. The number of aryl methyl sites for hydroxylation is 2. The fourth-order valence-corrected chi connectivity index (χ4v) is 3.40. The number of para-hydroxylation sites is 1. The number of aromatic amines is 1. The molecule has 0 saturated heterocycles. The van der Waals surface area contributed by atoms with E-state index in [9.17, 15) is 4.79 Å². The van der Waals surface area contributed by atoms with Crippen LogP contribution in [-0.4, -0.2) is 10.9 Å². The van der Waals surface area contributed by atoms with Crippen molar-refractivity contribution in [2.24, 2.45) is 0 Å². The Hall–Kier alpha value is -2.55. The summed E-state index contributed by atoms with van der Waals surface area (Å²) in [5.41, 5.74) is 4.93. The summed E-state index contributed by atoms with van der Waals surface area (Å²) in [6.45, 7) is 8.63. The Bertz CT molecular complexity index is 890. The lowest BCUT2D eigenvalue weighted by atomic mass is 9.81. The van der Waals surface area contributed by atoms with Gasteiger partial charge in [0.15, 0.2) is 0 Å². The van der Waals surface area contributed by atoms with Crippen molar-refractivity contribution in [2.75, 3.05) is 0 Å². The minimum Gasteiger partial charge on any atom is -0.358 e. The molecule has 3 nitrogen and oxygen atoms in total. The van der Waals surface area contributed by atoms with Crippen molar-refractivity contribution in [2.45, 2.75) is 39.7 Å². The van der Waals surface area contributed by atoms with E-state index in [1.807, 2.05) is 51.1 Å². The van der Waals surface area contributed by atoms with Gasteiger partial charge in [0.2, 0.25) is 5.91 Å². The van der Waals surface area contributed by atoms with Gasteiger partial charge in [0.1, 0.15) is 0 Å². The first-order valence-electron chi connectivity index (χ1n) is 8.32. The van der Waals surface area contributed by atoms with Crippen LogP contribution in [-0.2, 0) is 16.8 Å². The lowest BCUT2D eigenvalue weighted by Crippen LogP contribution is -2.40. The molecule has 3 heteroatoms. The standard InChI is InChI=1S/C21H24N2O/c1-14-9-5-6-10-16(14)13-22-20(24)21(3,4)19-15(2)23-18-12-8-7-11-17(18)19/h5-12,23H,13H2,1-4H3,(H,22,24). The SMILES string of the molecule is Cc1ccccc1CNC(=O)C(C)(C)c1c(C)[nH]c2ccccc12. The van der Waals surface area contributed by atoms with E-state index in [0.29, 0.717) is 6.54 Å². The van der Waals surface area contributed by atoms with Gasteiger partial charge in [-0.05, 0) is 50.5 Å². The fraction of sp³-hybridized carbons (Fsp3) is 0.286. The molecule has 0 aliphatic rings. The predicted octanol–water partition coefficient (Wildman–Crippen LogP) is 4.38. The Morgan fingerprint density at radius 3 is 2.46 bits per heavy atom. The summed E-state index contributed by atoms with van der Waals surface area (Å²) in [5.74, 6) is 0.0404. The van der Waals surface area contributed by atoms with Crippen LogP contribution in [0, 0.1) is 13.8 Å². The van der Waals surface area contributed by atoms with Crippen molar-refractivity contribution in [3.05, 3.63) is 70.9 Å². The molecule has 0 atom stereocenters. The summed E-state index contributed by atoms with van der Waals surface area (Å²) in [6.07, 6.45) is 0. The van der Waals surface area contributed by atoms with E-state index in [-0.39, 0.29) is 5.91 Å². The third-order valence-corrected chi connectivity index (χ3v) is 4.79. The molecule has 0 fully saturated rings. The maximum absolute atomic E-state index is 12.9. The van der Waals surface area contributed by atoms with Crippen molar-refractivity contribution in [3.8, 4) is 0 Å². The molecule has 0 aliphatic heterocycles. The van der Waals surface area contributed by atoms with Crippen LogP contribution in [0.1, 0.15) is 36.2 Å². The van der Waals surface area contributed by atoms with Gasteiger partial charge in [-0.25, -0.2) is 0 Å². The number of hydrogen-bond acceptors (Lipinski definition) is 1. The average molecular weight is 320 g/mol. The van der Waals surface area contributed by atoms with Crippen molar-refractivity contribution in [3.63, 3.8) is 0 Å². The van der Waals surface area contributed by atoms with Gasteiger partial charge >= 0.3 is 0 Å². The first-order valence-corrected chi connectivity index (χ1v) is 8.32. The molecule has 3 rings (SSSR count). The number of fused-ring (bicyclic) bond motifs is 1. The fourth-order valence-electron chi connectivity index (χ4n) is 3.40. The van der Waals surface area contributed by atoms with Crippen LogP contribution in [0.4, 0.5) is 0 Å². The molecule has 2 aromatic carbocycles. The van der Waals surface area contributed by atoms with Crippen LogP contribution < -0.4 is 5.32 Å². The molecule has 0 unspecified atom stereocenters. The normalized spacial score (nSPS) is 11.7. The molecular weight excluding hydrogens is 296 g/mol. The topological polar surface area (TPSA) is 44.9 Å². The van der Waals surface area contributed by atoms with Crippen LogP contribution in [0.2, 0.25) is 0 Å². The highest BCUT2D eigenvalue weighted by atomic mass is 16.2. The number of hydrogen-bond donors (Lipinski definition) is 2. The Balaban J connectivity index is 1.87. The molecule has 1 heterocycles. The zero-order chi connectivity index (χ0) is 17.3. The quantitative estimate of drug-likeness (QED) is 0.736. The van der Waals surface area contributed by atoms with Gasteiger partial charge in [0.05, 0.1) is 5.41 Å². The van der Waals surface area contributed by atoms with Gasteiger partial charge in [-0.3, -0.25) is 4.79 Å². The number of benzene rings is 2. The molecule has 0 aliphatic carbocycles. The zero-order valence-corrected chi connectivity index (χ0v) is 14.7. The van der Waals surface area contributed by atoms with Gasteiger partial charge in [-0.1, -0.05) is 42.5 Å². The minimum atomic E-state index is -0.605. The monoisotopic (exact) mass is 320 g/mol. The van der Waals surface area contributed by atoms with E-state index in [1.54, 1.807) is 0 Å².